The van der Waals surface area contributed by atoms with Crippen LogP contribution in [0.25, 0.3) is 55.0 Å². The van der Waals surface area contributed by atoms with Crippen LogP contribution in [-0.4, -0.2) is 22.6 Å². The lowest BCUT2D eigenvalue weighted by atomic mass is 9.33. The SMILES string of the molecule is Cc1ccc(N(c2ccc(C)cc2)c2cc3c4c(c2)-n2c5cc6c(cc5c5cccc(c52)B4c2cc(C)ccc2N3c2ccc(C)cc2)c2cccc3c2n6-c2cccc4c2B3c2ccccc2N4c2ccccc2)cc1. The van der Waals surface area contributed by atoms with Gasteiger partial charge in [0.15, 0.2) is 0 Å². The van der Waals surface area contributed by atoms with E-state index < -0.39 is 0 Å². The second-order valence-corrected chi connectivity index (χ2v) is 22.0. The molecule has 6 heterocycles. The van der Waals surface area contributed by atoms with E-state index in [1.54, 1.807) is 0 Å². The minimum Gasteiger partial charge on any atom is -0.311 e. The third kappa shape index (κ3) is 5.81. The van der Waals surface area contributed by atoms with Crippen molar-refractivity contribution in [3.8, 4) is 11.4 Å². The van der Waals surface area contributed by atoms with Gasteiger partial charge in [-0.15, -0.1) is 0 Å². The van der Waals surface area contributed by atoms with Crippen molar-refractivity contribution in [2.75, 3.05) is 14.7 Å². The number of hydrogen-bond donors (Lipinski definition) is 0. The summed E-state index contributed by atoms with van der Waals surface area (Å²) in [5, 5.41) is 5.10. The number of anilines is 9. The number of benzene rings is 11. The van der Waals surface area contributed by atoms with E-state index in [-0.39, 0.29) is 13.4 Å². The molecule has 0 atom stereocenters. The Morgan fingerprint density at radius 2 is 0.779 bits per heavy atom. The highest BCUT2D eigenvalue weighted by Gasteiger charge is 2.45. The lowest BCUT2D eigenvalue weighted by molar-refractivity contribution is 1.16. The second-order valence-electron chi connectivity index (χ2n) is 22.0. The first-order chi connectivity index (χ1) is 37.9. The highest BCUT2D eigenvalue weighted by molar-refractivity contribution is 7.01. The molecule has 0 spiro atoms. The zero-order valence-corrected chi connectivity index (χ0v) is 43.3. The molecule has 0 bridgehead atoms. The van der Waals surface area contributed by atoms with Gasteiger partial charge in [-0.1, -0.05) is 150 Å². The number of nitrogens with zero attached hydrogens (tertiary/aromatic N) is 5. The number of aryl methyl sites for hydroxylation is 4. The third-order valence-electron chi connectivity index (χ3n) is 17.5. The van der Waals surface area contributed by atoms with Crippen molar-refractivity contribution < 1.29 is 0 Å². The van der Waals surface area contributed by atoms with E-state index in [0.29, 0.717) is 0 Å². The van der Waals surface area contributed by atoms with Gasteiger partial charge in [0, 0.05) is 89.5 Å². The predicted octanol–water partition coefficient (Wildman–Crippen LogP) is 13.8. The molecule has 4 aliphatic heterocycles. The van der Waals surface area contributed by atoms with E-state index >= 15 is 0 Å². The van der Waals surface area contributed by atoms with Crippen LogP contribution in [0.2, 0.25) is 0 Å². The first kappa shape index (κ1) is 42.9. The molecular formula is C70H49B2N5. The monoisotopic (exact) mass is 981 g/mol. The van der Waals surface area contributed by atoms with E-state index in [9.17, 15) is 0 Å². The van der Waals surface area contributed by atoms with E-state index in [4.69, 9.17) is 0 Å². The summed E-state index contributed by atoms with van der Waals surface area (Å²) >= 11 is 0. The standard InChI is InChI=1S/C70H49B2N5/c1-42-23-30-47(31-24-42)73(48-32-25-43(2)26-33-48)50-38-65-68-66(39-50)77-64-41-63-53(40-54(64)52-16-11-19-57(70(52)77)72(68)58-37-45(4)29-36-60(58)75(65)49-34-27-44(3)28-35-49)51-15-10-18-56-69(51)76(63)62-22-12-21-61-67(62)71(56)55-17-8-9-20-59(55)74(61)46-13-6-5-7-14-46/h5-41H,1-4H3. The summed E-state index contributed by atoms with van der Waals surface area (Å²) in [6.07, 6.45) is 0. The second kappa shape index (κ2) is 15.6. The molecule has 13 aromatic rings. The molecule has 7 heteroatoms. The van der Waals surface area contributed by atoms with Gasteiger partial charge in [-0.05, 0) is 158 Å². The normalized spacial score (nSPS) is 13.4. The largest absolute Gasteiger partial charge is 0.311 e. The fourth-order valence-electron chi connectivity index (χ4n) is 14.2. The Labute approximate surface area is 448 Å². The summed E-state index contributed by atoms with van der Waals surface area (Å²) < 4.78 is 5.27. The first-order valence-corrected chi connectivity index (χ1v) is 27.1. The van der Waals surface area contributed by atoms with Crippen LogP contribution in [0.15, 0.2) is 224 Å². The molecule has 11 aromatic carbocycles. The van der Waals surface area contributed by atoms with Gasteiger partial charge in [-0.2, -0.15) is 0 Å². The van der Waals surface area contributed by atoms with Gasteiger partial charge in [0.1, 0.15) is 0 Å². The fraction of sp³-hybridized carbons (Fsp3) is 0.0571. The minimum absolute atomic E-state index is 0.00111. The van der Waals surface area contributed by atoms with Gasteiger partial charge >= 0.3 is 0 Å². The molecule has 17 rings (SSSR count). The van der Waals surface area contributed by atoms with Gasteiger partial charge in [-0.3, -0.25) is 0 Å². The van der Waals surface area contributed by atoms with Crippen molar-refractivity contribution in [1.82, 2.24) is 9.13 Å². The Bertz CT molecular complexity index is 4640. The fourth-order valence-corrected chi connectivity index (χ4v) is 14.2. The molecule has 77 heavy (non-hydrogen) atoms. The Morgan fingerprint density at radius 1 is 0.299 bits per heavy atom. The quantitative estimate of drug-likeness (QED) is 0.160. The van der Waals surface area contributed by atoms with Crippen LogP contribution in [-0.2, 0) is 0 Å². The van der Waals surface area contributed by atoms with Crippen LogP contribution in [0.3, 0.4) is 0 Å². The molecule has 360 valence electrons. The molecule has 0 aliphatic carbocycles. The highest BCUT2D eigenvalue weighted by Crippen LogP contribution is 2.48. The first-order valence-electron chi connectivity index (χ1n) is 27.1. The lowest BCUT2D eigenvalue weighted by Gasteiger charge is -2.41. The Hall–Kier alpha value is -9.45. The van der Waals surface area contributed by atoms with E-state index in [0.717, 1.165) is 28.4 Å². The Morgan fingerprint density at radius 3 is 1.45 bits per heavy atom. The smallest absolute Gasteiger partial charge is 0.252 e. The van der Waals surface area contributed by atoms with Crippen LogP contribution >= 0.6 is 0 Å². The summed E-state index contributed by atoms with van der Waals surface area (Å²) in [5.41, 5.74) is 30.9. The maximum absolute atomic E-state index is 2.65. The van der Waals surface area contributed by atoms with Crippen LogP contribution in [0.4, 0.5) is 51.2 Å². The van der Waals surface area contributed by atoms with Crippen LogP contribution in [0, 0.1) is 27.7 Å². The Kier molecular flexibility index (Phi) is 8.66. The molecule has 0 fully saturated rings. The van der Waals surface area contributed by atoms with Crippen LogP contribution in [0.5, 0.6) is 0 Å². The molecule has 0 radical (unpaired) electrons. The van der Waals surface area contributed by atoms with Gasteiger partial charge in [0.25, 0.3) is 13.4 Å². The lowest BCUT2D eigenvalue weighted by Crippen LogP contribution is -2.60. The average Bonchev–Trinajstić information content (AvgIpc) is 3.86. The zero-order valence-electron chi connectivity index (χ0n) is 43.3. The van der Waals surface area contributed by atoms with Crippen LogP contribution < -0.4 is 47.5 Å². The number of fused-ring (bicyclic) bond motifs is 14. The van der Waals surface area contributed by atoms with Crippen molar-refractivity contribution in [2.45, 2.75) is 27.7 Å². The average molecular weight is 982 g/mol. The summed E-state index contributed by atoms with van der Waals surface area (Å²) in [6.45, 7) is 8.84. The van der Waals surface area contributed by atoms with Gasteiger partial charge in [0.05, 0.1) is 16.7 Å². The maximum Gasteiger partial charge on any atom is 0.252 e. The van der Waals surface area contributed by atoms with Gasteiger partial charge in [-0.25, -0.2) is 0 Å². The molecule has 0 unspecified atom stereocenters. The van der Waals surface area contributed by atoms with E-state index in [1.165, 1.54) is 133 Å². The van der Waals surface area contributed by atoms with E-state index in [1.807, 2.05) is 0 Å². The highest BCUT2D eigenvalue weighted by atomic mass is 15.2. The summed E-state index contributed by atoms with van der Waals surface area (Å²) in [6, 6.07) is 85.4. The number of rotatable bonds is 5. The molecule has 0 saturated heterocycles. The summed E-state index contributed by atoms with van der Waals surface area (Å²) in [7, 11) is 0. The Balaban J connectivity index is 1.00. The zero-order chi connectivity index (χ0) is 50.9. The molecule has 0 amide bonds. The van der Waals surface area contributed by atoms with Crippen LogP contribution in [0.1, 0.15) is 22.3 Å². The number of para-hydroxylation sites is 4. The summed E-state index contributed by atoms with van der Waals surface area (Å²) in [4.78, 5) is 7.48. The third-order valence-corrected chi connectivity index (χ3v) is 17.5. The molecular weight excluding hydrogens is 932 g/mol. The minimum atomic E-state index is -0.00111. The van der Waals surface area contributed by atoms with Crippen molar-refractivity contribution >= 4 is 141 Å². The predicted molar refractivity (Wildman–Crippen MR) is 327 cm³/mol. The van der Waals surface area contributed by atoms with Crippen molar-refractivity contribution in [3.05, 3.63) is 247 Å². The van der Waals surface area contributed by atoms with Crippen molar-refractivity contribution in [1.29, 1.82) is 0 Å². The molecule has 0 N–H and O–H groups in total. The molecule has 5 nitrogen and oxygen atoms in total. The molecule has 4 aliphatic rings. The van der Waals surface area contributed by atoms with Gasteiger partial charge < -0.3 is 23.8 Å². The molecule has 0 saturated carbocycles. The molecule has 2 aromatic heterocycles. The maximum atomic E-state index is 2.65. The summed E-state index contributed by atoms with van der Waals surface area (Å²) in [5.74, 6) is 0. The van der Waals surface area contributed by atoms with Crippen molar-refractivity contribution in [2.24, 2.45) is 0 Å². The number of hydrogen-bond acceptors (Lipinski definition) is 3. The van der Waals surface area contributed by atoms with E-state index in [2.05, 4.69) is 276 Å². The van der Waals surface area contributed by atoms with Crippen molar-refractivity contribution in [3.63, 3.8) is 0 Å². The topological polar surface area (TPSA) is 19.6 Å². The number of aromatic nitrogens is 2. The van der Waals surface area contributed by atoms with Gasteiger partial charge in [0.2, 0.25) is 0 Å².